The van der Waals surface area contributed by atoms with Crippen LogP contribution in [0.5, 0.6) is 5.75 Å². The number of benzene rings is 1. The fraction of sp³-hybridized carbons (Fsp3) is 0.519. The van der Waals surface area contributed by atoms with Crippen LogP contribution in [0.2, 0.25) is 0 Å². The van der Waals surface area contributed by atoms with Gasteiger partial charge in [0.2, 0.25) is 0 Å². The normalized spacial score (nSPS) is 22.3. The second kappa shape index (κ2) is 8.15. The lowest BCUT2D eigenvalue weighted by Crippen LogP contribution is -2.44. The standard InChI is InChI=1S/C27H34N2O4/c1-6-29-18-11-26(2,3)13-20(30)24(18)23(25-19(29)12-27(4,5)14-21(25)31)16-7-9-17(10-8-16)33-15-22(28)32/h7-10,23H,6,11-15H2,1-5H3,(H2,28,32). The van der Waals surface area contributed by atoms with E-state index in [9.17, 15) is 14.4 Å². The van der Waals surface area contributed by atoms with Gasteiger partial charge in [0, 0.05) is 47.8 Å². The van der Waals surface area contributed by atoms with Crippen LogP contribution in [-0.4, -0.2) is 35.5 Å². The second-order valence-corrected chi connectivity index (χ2v) is 11.1. The lowest BCUT2D eigenvalue weighted by Gasteiger charge is -2.48. The molecule has 0 bridgehead atoms. The second-order valence-electron chi connectivity index (χ2n) is 11.1. The molecule has 0 atom stereocenters. The highest BCUT2D eigenvalue weighted by atomic mass is 16.5. The molecule has 1 amide bonds. The van der Waals surface area contributed by atoms with E-state index < -0.39 is 5.91 Å². The number of rotatable bonds is 5. The number of hydrogen-bond acceptors (Lipinski definition) is 5. The van der Waals surface area contributed by atoms with Crippen LogP contribution < -0.4 is 10.5 Å². The van der Waals surface area contributed by atoms with Gasteiger partial charge in [-0.3, -0.25) is 14.4 Å². The van der Waals surface area contributed by atoms with Gasteiger partial charge in [-0.05, 0) is 48.3 Å². The first-order valence-corrected chi connectivity index (χ1v) is 11.7. The van der Waals surface area contributed by atoms with Crippen LogP contribution in [0.1, 0.15) is 71.8 Å². The third-order valence-electron chi connectivity index (χ3n) is 6.93. The number of allylic oxidation sites excluding steroid dienone is 4. The van der Waals surface area contributed by atoms with Crippen molar-refractivity contribution in [2.45, 2.75) is 66.2 Å². The van der Waals surface area contributed by atoms with Crippen molar-refractivity contribution in [1.82, 2.24) is 4.90 Å². The number of carbonyl (C=O) groups excluding carboxylic acids is 3. The highest BCUT2D eigenvalue weighted by Crippen LogP contribution is 2.54. The zero-order valence-electron chi connectivity index (χ0n) is 20.3. The number of Topliss-reactive ketones (excluding diaryl/α,β-unsaturated/α-hetero) is 2. The minimum atomic E-state index is -0.540. The van der Waals surface area contributed by atoms with Gasteiger partial charge in [-0.2, -0.15) is 0 Å². The summed E-state index contributed by atoms with van der Waals surface area (Å²) in [6, 6.07) is 7.36. The van der Waals surface area contributed by atoms with Gasteiger partial charge in [0.25, 0.3) is 5.91 Å². The van der Waals surface area contributed by atoms with Gasteiger partial charge in [-0.15, -0.1) is 0 Å². The van der Waals surface area contributed by atoms with Crippen LogP contribution >= 0.6 is 0 Å². The van der Waals surface area contributed by atoms with Crippen molar-refractivity contribution >= 4 is 17.5 Å². The van der Waals surface area contributed by atoms with Crippen molar-refractivity contribution in [2.24, 2.45) is 16.6 Å². The summed E-state index contributed by atoms with van der Waals surface area (Å²) in [7, 11) is 0. The summed E-state index contributed by atoms with van der Waals surface area (Å²) in [4.78, 5) is 40.4. The maximum Gasteiger partial charge on any atom is 0.255 e. The molecule has 0 saturated heterocycles. The highest BCUT2D eigenvalue weighted by Gasteiger charge is 2.48. The molecule has 33 heavy (non-hydrogen) atoms. The largest absolute Gasteiger partial charge is 0.484 e. The van der Waals surface area contributed by atoms with Crippen molar-refractivity contribution < 1.29 is 19.1 Å². The third-order valence-corrected chi connectivity index (χ3v) is 6.93. The molecule has 0 saturated carbocycles. The van der Waals surface area contributed by atoms with Crippen LogP contribution in [0.15, 0.2) is 46.8 Å². The Morgan fingerprint density at radius 1 is 0.939 bits per heavy atom. The molecule has 0 spiro atoms. The summed E-state index contributed by atoms with van der Waals surface area (Å²) in [6.45, 7) is 11.2. The molecule has 1 aromatic carbocycles. The van der Waals surface area contributed by atoms with E-state index in [1.165, 1.54) is 0 Å². The third kappa shape index (κ3) is 4.35. The minimum Gasteiger partial charge on any atom is -0.484 e. The first-order chi connectivity index (χ1) is 15.4. The van der Waals surface area contributed by atoms with Crippen LogP contribution in [0.25, 0.3) is 0 Å². The zero-order valence-corrected chi connectivity index (χ0v) is 20.3. The summed E-state index contributed by atoms with van der Waals surface area (Å²) in [6.07, 6.45) is 2.57. The number of ketones is 2. The average Bonchev–Trinajstić information content (AvgIpc) is 2.69. The topological polar surface area (TPSA) is 89.7 Å². The minimum absolute atomic E-state index is 0.118. The Labute approximate surface area is 195 Å². The first kappa shape index (κ1) is 23.3. The van der Waals surface area contributed by atoms with Gasteiger partial charge in [0.1, 0.15) is 5.75 Å². The first-order valence-electron chi connectivity index (χ1n) is 11.7. The lowest BCUT2D eigenvalue weighted by atomic mass is 9.63. The Balaban J connectivity index is 1.86. The molecule has 0 fully saturated rings. The lowest BCUT2D eigenvalue weighted by molar-refractivity contribution is -0.121. The van der Waals surface area contributed by atoms with E-state index in [0.717, 1.165) is 47.5 Å². The molecule has 2 N–H and O–H groups in total. The number of hydrogen-bond donors (Lipinski definition) is 1. The number of nitrogens with zero attached hydrogens (tertiary/aromatic N) is 1. The summed E-state index contributed by atoms with van der Waals surface area (Å²) in [5.41, 5.74) is 9.53. The Kier molecular flexibility index (Phi) is 5.75. The maximum absolute atomic E-state index is 13.5. The van der Waals surface area contributed by atoms with Gasteiger partial charge in [-0.25, -0.2) is 0 Å². The molecule has 0 radical (unpaired) electrons. The number of ether oxygens (including phenoxy) is 1. The Morgan fingerprint density at radius 2 is 1.42 bits per heavy atom. The van der Waals surface area contributed by atoms with E-state index >= 15 is 0 Å². The summed E-state index contributed by atoms with van der Waals surface area (Å²) in [5, 5.41) is 0. The van der Waals surface area contributed by atoms with E-state index in [1.54, 1.807) is 12.1 Å². The molecular weight excluding hydrogens is 416 g/mol. The SMILES string of the molecule is CCN1C2=C(C(=O)CC(C)(C)C2)C(c2ccc(OCC(N)=O)cc2)C2=C1CC(C)(C)CC2=O. The monoisotopic (exact) mass is 450 g/mol. The van der Waals surface area contributed by atoms with Crippen LogP contribution in [0.4, 0.5) is 0 Å². The van der Waals surface area contributed by atoms with Gasteiger partial charge in [0.05, 0.1) is 0 Å². The zero-order chi connectivity index (χ0) is 24.1. The van der Waals surface area contributed by atoms with E-state index in [0.29, 0.717) is 18.6 Å². The van der Waals surface area contributed by atoms with Crippen molar-refractivity contribution in [3.8, 4) is 5.75 Å². The predicted octanol–water partition coefficient (Wildman–Crippen LogP) is 4.26. The summed E-state index contributed by atoms with van der Waals surface area (Å²) < 4.78 is 5.41. The molecule has 1 aliphatic heterocycles. The molecule has 0 unspecified atom stereocenters. The smallest absolute Gasteiger partial charge is 0.255 e. The van der Waals surface area contributed by atoms with Gasteiger partial charge in [-0.1, -0.05) is 39.8 Å². The number of carbonyl (C=O) groups is 3. The van der Waals surface area contributed by atoms with E-state index in [4.69, 9.17) is 10.5 Å². The van der Waals surface area contributed by atoms with E-state index in [-0.39, 0.29) is 34.9 Å². The number of primary amides is 1. The Bertz CT molecular complexity index is 1020. The molecule has 2 aliphatic carbocycles. The molecule has 0 aromatic heterocycles. The van der Waals surface area contributed by atoms with Gasteiger partial charge >= 0.3 is 0 Å². The maximum atomic E-state index is 13.5. The average molecular weight is 451 g/mol. The molecule has 6 heteroatoms. The summed E-state index contributed by atoms with van der Waals surface area (Å²) in [5.74, 6) is -0.123. The molecule has 176 valence electrons. The molecule has 1 heterocycles. The van der Waals surface area contributed by atoms with Crippen molar-refractivity contribution in [2.75, 3.05) is 13.2 Å². The van der Waals surface area contributed by atoms with Gasteiger partial charge < -0.3 is 15.4 Å². The number of nitrogens with two attached hydrogens (primary N) is 1. The predicted molar refractivity (Wildman–Crippen MR) is 126 cm³/mol. The summed E-state index contributed by atoms with van der Waals surface area (Å²) >= 11 is 0. The highest BCUT2D eigenvalue weighted by molar-refractivity contribution is 6.06. The molecule has 1 aromatic rings. The van der Waals surface area contributed by atoms with Crippen molar-refractivity contribution in [3.05, 3.63) is 52.4 Å². The fourth-order valence-corrected chi connectivity index (χ4v) is 5.67. The van der Waals surface area contributed by atoms with Gasteiger partial charge in [0.15, 0.2) is 18.2 Å². The number of amides is 1. The van der Waals surface area contributed by atoms with Crippen LogP contribution in [0, 0.1) is 10.8 Å². The Morgan fingerprint density at radius 3 is 1.85 bits per heavy atom. The molecule has 4 rings (SSSR count). The van der Waals surface area contributed by atoms with Crippen LogP contribution in [-0.2, 0) is 14.4 Å². The molecule has 3 aliphatic rings. The molecule has 6 nitrogen and oxygen atoms in total. The van der Waals surface area contributed by atoms with E-state index in [2.05, 4.69) is 39.5 Å². The Hall–Kier alpha value is -2.89. The van der Waals surface area contributed by atoms with Crippen molar-refractivity contribution in [1.29, 1.82) is 0 Å². The van der Waals surface area contributed by atoms with E-state index in [1.807, 2.05) is 12.1 Å². The molecular formula is C27H34N2O4. The quantitative estimate of drug-likeness (QED) is 0.724. The van der Waals surface area contributed by atoms with Crippen LogP contribution in [0.3, 0.4) is 0 Å². The fourth-order valence-electron chi connectivity index (χ4n) is 5.67. The van der Waals surface area contributed by atoms with Crippen molar-refractivity contribution in [3.63, 3.8) is 0 Å².